The minimum atomic E-state index is -0.858. The number of fused-ring (bicyclic) bond motifs is 1. The Morgan fingerprint density at radius 1 is 1.41 bits per heavy atom. The first-order valence-electron chi connectivity index (χ1n) is 7.54. The maximum atomic E-state index is 12.3. The minimum Gasteiger partial charge on any atom is -0.486 e. The maximum Gasteiger partial charge on any atom is 0.240 e. The summed E-state index contributed by atoms with van der Waals surface area (Å²) in [4.78, 5) is 12.3. The molecule has 1 heterocycles. The number of amides is 1. The van der Waals surface area contributed by atoms with Gasteiger partial charge in [0.05, 0.1) is 11.6 Å². The third-order valence-corrected chi connectivity index (χ3v) is 4.45. The molecule has 2 rings (SSSR count). The molecule has 3 N–H and O–H groups in total. The first-order chi connectivity index (χ1) is 10.3. The molecule has 5 nitrogen and oxygen atoms in total. The summed E-state index contributed by atoms with van der Waals surface area (Å²) in [6, 6.07) is 3.59. The summed E-state index contributed by atoms with van der Waals surface area (Å²) < 4.78 is 12.0. The van der Waals surface area contributed by atoms with E-state index in [1.54, 1.807) is 6.92 Å². The highest BCUT2D eigenvalue weighted by Gasteiger charge is 2.29. The molecule has 0 bridgehead atoms. The van der Waals surface area contributed by atoms with Gasteiger partial charge in [0.2, 0.25) is 5.91 Å². The van der Waals surface area contributed by atoms with Gasteiger partial charge in [0.1, 0.15) is 13.2 Å². The highest BCUT2D eigenvalue weighted by atomic mass is 79.9. The zero-order chi connectivity index (χ0) is 16.3. The molecule has 1 amide bonds. The molecule has 2 atom stereocenters. The Morgan fingerprint density at radius 2 is 2.00 bits per heavy atom. The third-order valence-electron chi connectivity index (χ3n) is 3.76. The van der Waals surface area contributed by atoms with Crippen molar-refractivity contribution in [2.24, 2.45) is 5.73 Å². The van der Waals surface area contributed by atoms with Crippen LogP contribution in [0.4, 0.5) is 0 Å². The number of nitrogens with two attached hydrogens (primary N) is 1. The van der Waals surface area contributed by atoms with Crippen LogP contribution in [0.15, 0.2) is 16.6 Å². The highest BCUT2D eigenvalue weighted by Crippen LogP contribution is 2.37. The van der Waals surface area contributed by atoms with Crippen molar-refractivity contribution in [3.05, 3.63) is 22.2 Å². The van der Waals surface area contributed by atoms with E-state index >= 15 is 0 Å². The number of hydrogen-bond acceptors (Lipinski definition) is 4. The second kappa shape index (κ2) is 6.87. The van der Waals surface area contributed by atoms with Crippen LogP contribution in [0, 0.1) is 0 Å². The van der Waals surface area contributed by atoms with E-state index in [1.807, 2.05) is 26.0 Å². The average molecular weight is 371 g/mol. The lowest BCUT2D eigenvalue weighted by Gasteiger charge is -2.27. The molecule has 122 valence electrons. The van der Waals surface area contributed by atoms with Crippen molar-refractivity contribution in [1.29, 1.82) is 0 Å². The van der Waals surface area contributed by atoms with E-state index in [0.29, 0.717) is 25.4 Å². The van der Waals surface area contributed by atoms with Gasteiger partial charge in [-0.2, -0.15) is 0 Å². The molecular formula is C16H23BrN2O3. The van der Waals surface area contributed by atoms with Crippen LogP contribution in [0.1, 0.15) is 45.2 Å². The lowest BCUT2D eigenvalue weighted by molar-refractivity contribution is -0.126. The molecule has 22 heavy (non-hydrogen) atoms. The SMILES string of the molecule is CCCC(C)(N)C(=O)NC(C)c1cc2c(cc1Br)OCCO2. The van der Waals surface area contributed by atoms with Crippen molar-refractivity contribution in [2.75, 3.05) is 13.2 Å². The summed E-state index contributed by atoms with van der Waals surface area (Å²) in [5, 5.41) is 2.98. The minimum absolute atomic E-state index is 0.149. The van der Waals surface area contributed by atoms with Crippen molar-refractivity contribution in [3.63, 3.8) is 0 Å². The Hall–Kier alpha value is -1.27. The number of ether oxygens (including phenoxy) is 2. The third kappa shape index (κ3) is 3.73. The van der Waals surface area contributed by atoms with Gasteiger partial charge in [-0.1, -0.05) is 29.3 Å². The van der Waals surface area contributed by atoms with Gasteiger partial charge >= 0.3 is 0 Å². The molecule has 0 aromatic heterocycles. The Labute approximate surface area is 139 Å². The number of rotatable bonds is 5. The number of carbonyl (C=O) groups is 1. The van der Waals surface area contributed by atoms with Crippen LogP contribution in [-0.2, 0) is 4.79 Å². The summed E-state index contributed by atoms with van der Waals surface area (Å²) in [7, 11) is 0. The van der Waals surface area contributed by atoms with E-state index in [9.17, 15) is 4.79 Å². The van der Waals surface area contributed by atoms with Crippen molar-refractivity contribution in [3.8, 4) is 11.5 Å². The molecule has 0 saturated heterocycles. The molecule has 0 spiro atoms. The first-order valence-corrected chi connectivity index (χ1v) is 8.33. The smallest absolute Gasteiger partial charge is 0.240 e. The predicted octanol–water partition coefficient (Wildman–Crippen LogP) is 2.92. The topological polar surface area (TPSA) is 73.6 Å². The van der Waals surface area contributed by atoms with Gasteiger partial charge in [-0.15, -0.1) is 0 Å². The molecule has 0 aliphatic carbocycles. The molecular weight excluding hydrogens is 348 g/mol. The molecule has 0 fully saturated rings. The molecule has 1 aliphatic rings. The van der Waals surface area contributed by atoms with Crippen LogP contribution in [0.25, 0.3) is 0 Å². The average Bonchev–Trinajstić information content (AvgIpc) is 2.46. The standard InChI is InChI=1S/C16H23BrN2O3/c1-4-5-16(3,18)15(20)19-10(2)11-8-13-14(9-12(11)17)22-7-6-21-13/h8-10H,4-7,18H2,1-3H3,(H,19,20). The van der Waals surface area contributed by atoms with Gasteiger partial charge < -0.3 is 20.5 Å². The van der Waals surface area contributed by atoms with Crippen LogP contribution in [0.3, 0.4) is 0 Å². The second-order valence-corrected chi connectivity index (χ2v) is 6.73. The summed E-state index contributed by atoms with van der Waals surface area (Å²) in [6.07, 6.45) is 1.51. The second-order valence-electron chi connectivity index (χ2n) is 5.88. The van der Waals surface area contributed by atoms with Crippen molar-refractivity contribution in [2.45, 2.75) is 45.2 Å². The zero-order valence-corrected chi connectivity index (χ0v) is 14.8. The van der Waals surface area contributed by atoms with Gasteiger partial charge in [-0.05, 0) is 38.0 Å². The Kier molecular flexibility index (Phi) is 5.34. The number of hydrogen-bond donors (Lipinski definition) is 2. The van der Waals surface area contributed by atoms with Crippen LogP contribution >= 0.6 is 15.9 Å². The number of benzene rings is 1. The summed E-state index contributed by atoms with van der Waals surface area (Å²) >= 11 is 3.53. The highest BCUT2D eigenvalue weighted by molar-refractivity contribution is 9.10. The summed E-state index contributed by atoms with van der Waals surface area (Å²) in [5.41, 5.74) is 6.15. The normalized spacial score (nSPS) is 17.5. The number of carbonyl (C=O) groups excluding carboxylic acids is 1. The molecule has 2 unspecified atom stereocenters. The summed E-state index contributed by atoms with van der Waals surface area (Å²) in [5.74, 6) is 1.27. The van der Waals surface area contributed by atoms with Crippen molar-refractivity contribution in [1.82, 2.24) is 5.32 Å². The van der Waals surface area contributed by atoms with Gasteiger partial charge in [-0.3, -0.25) is 4.79 Å². The molecule has 6 heteroatoms. The van der Waals surface area contributed by atoms with Crippen LogP contribution in [0.5, 0.6) is 11.5 Å². The van der Waals surface area contributed by atoms with Gasteiger partial charge in [-0.25, -0.2) is 0 Å². The monoisotopic (exact) mass is 370 g/mol. The lowest BCUT2D eigenvalue weighted by atomic mass is 9.95. The van der Waals surface area contributed by atoms with Crippen LogP contribution in [0.2, 0.25) is 0 Å². The number of nitrogens with one attached hydrogen (secondary N) is 1. The van der Waals surface area contributed by atoms with E-state index in [0.717, 1.165) is 22.2 Å². The van der Waals surface area contributed by atoms with E-state index in [1.165, 1.54) is 0 Å². The lowest BCUT2D eigenvalue weighted by Crippen LogP contribution is -2.52. The summed E-state index contributed by atoms with van der Waals surface area (Å²) in [6.45, 7) is 6.78. The fourth-order valence-corrected chi connectivity index (χ4v) is 3.15. The quantitative estimate of drug-likeness (QED) is 0.835. The number of halogens is 1. The molecule has 1 aliphatic heterocycles. The zero-order valence-electron chi connectivity index (χ0n) is 13.2. The van der Waals surface area contributed by atoms with Crippen LogP contribution < -0.4 is 20.5 Å². The Bertz CT molecular complexity index is 561. The Balaban J connectivity index is 2.16. The largest absolute Gasteiger partial charge is 0.486 e. The van der Waals surface area contributed by atoms with Crippen LogP contribution in [-0.4, -0.2) is 24.7 Å². The molecule has 0 radical (unpaired) electrons. The van der Waals surface area contributed by atoms with E-state index in [2.05, 4.69) is 21.2 Å². The molecule has 0 saturated carbocycles. The maximum absolute atomic E-state index is 12.3. The van der Waals surface area contributed by atoms with Crippen molar-refractivity contribution < 1.29 is 14.3 Å². The first kappa shape index (κ1) is 17.1. The predicted molar refractivity (Wildman–Crippen MR) is 89.2 cm³/mol. The molecule has 1 aromatic carbocycles. The fraction of sp³-hybridized carbons (Fsp3) is 0.562. The Morgan fingerprint density at radius 3 is 2.59 bits per heavy atom. The van der Waals surface area contributed by atoms with E-state index in [-0.39, 0.29) is 11.9 Å². The van der Waals surface area contributed by atoms with Gasteiger partial charge in [0, 0.05) is 4.47 Å². The van der Waals surface area contributed by atoms with E-state index < -0.39 is 5.54 Å². The fourth-order valence-electron chi connectivity index (χ4n) is 2.48. The van der Waals surface area contributed by atoms with Gasteiger partial charge in [0.25, 0.3) is 0 Å². The van der Waals surface area contributed by atoms with Crippen molar-refractivity contribution >= 4 is 21.8 Å². The molecule has 1 aromatic rings. The van der Waals surface area contributed by atoms with E-state index in [4.69, 9.17) is 15.2 Å². The van der Waals surface area contributed by atoms with Gasteiger partial charge in [0.15, 0.2) is 11.5 Å².